The van der Waals surface area contributed by atoms with Gasteiger partial charge >= 0.3 is 0 Å². The molecule has 6 nitrogen and oxygen atoms in total. The topological polar surface area (TPSA) is 70.8 Å². The molecule has 1 aliphatic heterocycles. The third-order valence-electron chi connectivity index (χ3n) is 5.77. The average molecular weight is 380 g/mol. The Morgan fingerprint density at radius 3 is 2.29 bits per heavy atom. The van der Waals surface area contributed by atoms with E-state index < -0.39 is 0 Å². The maximum absolute atomic E-state index is 13.1. The summed E-state index contributed by atoms with van der Waals surface area (Å²) in [7, 11) is 0. The highest BCUT2D eigenvalue weighted by atomic mass is 16.3. The monoisotopic (exact) mass is 380 g/mol. The molecule has 146 valence electrons. The molecule has 1 saturated heterocycles. The number of aryl methyl sites for hydroxylation is 1. The molecule has 0 bridgehead atoms. The number of furan rings is 1. The number of hydrogen-bond acceptors (Lipinski definition) is 4. The summed E-state index contributed by atoms with van der Waals surface area (Å²) in [5.41, 5.74) is 1.80. The smallest absolute Gasteiger partial charge is 0.247 e. The van der Waals surface area contributed by atoms with E-state index in [1.54, 1.807) is 23.3 Å². The Kier molecular flexibility index (Phi) is 5.03. The third-order valence-corrected chi connectivity index (χ3v) is 5.77. The summed E-state index contributed by atoms with van der Waals surface area (Å²) >= 11 is 0. The molecule has 2 fully saturated rings. The zero-order valence-electron chi connectivity index (χ0n) is 16.0. The minimum absolute atomic E-state index is 0.190. The molecule has 28 heavy (non-hydrogen) atoms. The van der Waals surface area contributed by atoms with Crippen molar-refractivity contribution in [3.8, 4) is 0 Å². The first kappa shape index (κ1) is 18.5. The van der Waals surface area contributed by atoms with Crippen LogP contribution in [0, 0.1) is 18.8 Å². The number of hydrogen-bond donors (Lipinski definition) is 0. The Morgan fingerprint density at radius 1 is 1.07 bits per heavy atom. The molecule has 0 spiro atoms. The number of anilines is 1. The van der Waals surface area contributed by atoms with Crippen molar-refractivity contribution in [1.82, 2.24) is 4.90 Å². The van der Waals surface area contributed by atoms with Crippen molar-refractivity contribution in [3.05, 3.63) is 54.0 Å². The molecule has 0 N–H and O–H groups in total. The summed E-state index contributed by atoms with van der Waals surface area (Å²) in [5, 5.41) is 0. The maximum atomic E-state index is 13.1. The van der Waals surface area contributed by atoms with Crippen LogP contribution in [0.3, 0.4) is 0 Å². The maximum Gasteiger partial charge on any atom is 0.247 e. The molecular formula is C22H24N2O4. The summed E-state index contributed by atoms with van der Waals surface area (Å²) in [6.45, 7) is 2.00. The molecule has 1 aromatic heterocycles. The molecule has 2 aromatic rings. The van der Waals surface area contributed by atoms with Gasteiger partial charge in [0.05, 0.1) is 24.6 Å². The molecule has 0 radical (unpaired) electrons. The lowest BCUT2D eigenvalue weighted by atomic mass is 9.81. The van der Waals surface area contributed by atoms with Crippen LogP contribution in [-0.4, -0.2) is 29.2 Å². The van der Waals surface area contributed by atoms with E-state index in [2.05, 4.69) is 0 Å². The Balaban J connectivity index is 1.56. The first-order chi connectivity index (χ1) is 13.5. The van der Waals surface area contributed by atoms with Crippen molar-refractivity contribution in [3.63, 3.8) is 0 Å². The summed E-state index contributed by atoms with van der Waals surface area (Å²) in [6.07, 6.45) is 4.99. The Bertz CT molecular complexity index is 848. The van der Waals surface area contributed by atoms with Crippen LogP contribution in [0.5, 0.6) is 0 Å². The number of nitrogens with zero attached hydrogens (tertiary/aromatic N) is 2. The highest BCUT2D eigenvalue weighted by molar-refractivity contribution is 6.09. The third kappa shape index (κ3) is 3.46. The zero-order valence-corrected chi connectivity index (χ0v) is 16.0. The molecule has 1 saturated carbocycles. The predicted octanol–water partition coefficient (Wildman–Crippen LogP) is 3.30. The van der Waals surface area contributed by atoms with Gasteiger partial charge in [0, 0.05) is 5.69 Å². The van der Waals surface area contributed by atoms with E-state index in [-0.39, 0.29) is 42.6 Å². The first-order valence-corrected chi connectivity index (χ1v) is 9.79. The van der Waals surface area contributed by atoms with Crippen molar-refractivity contribution in [2.75, 3.05) is 11.4 Å². The van der Waals surface area contributed by atoms with Gasteiger partial charge in [-0.3, -0.25) is 19.3 Å². The van der Waals surface area contributed by atoms with Gasteiger partial charge in [-0.2, -0.15) is 0 Å². The van der Waals surface area contributed by atoms with Gasteiger partial charge in [0.25, 0.3) is 0 Å². The zero-order chi connectivity index (χ0) is 19.7. The molecule has 1 aliphatic carbocycles. The summed E-state index contributed by atoms with van der Waals surface area (Å²) in [4.78, 5) is 41.3. The van der Waals surface area contributed by atoms with Crippen molar-refractivity contribution in [1.29, 1.82) is 0 Å². The van der Waals surface area contributed by atoms with E-state index in [9.17, 15) is 14.4 Å². The van der Waals surface area contributed by atoms with E-state index in [4.69, 9.17) is 4.42 Å². The molecule has 2 atom stereocenters. The van der Waals surface area contributed by atoms with E-state index >= 15 is 0 Å². The number of carbonyl (C=O) groups excluding carboxylic acids is 3. The lowest BCUT2D eigenvalue weighted by Gasteiger charge is -2.24. The molecular weight excluding hydrogens is 356 g/mol. The number of fused-ring (bicyclic) bond motifs is 1. The van der Waals surface area contributed by atoms with Gasteiger partial charge in [0.15, 0.2) is 0 Å². The largest absolute Gasteiger partial charge is 0.467 e. The number of imide groups is 1. The molecule has 3 amide bonds. The summed E-state index contributed by atoms with van der Waals surface area (Å²) in [6, 6.07) is 11.2. The van der Waals surface area contributed by atoms with Crippen LogP contribution in [0.4, 0.5) is 5.69 Å². The van der Waals surface area contributed by atoms with Crippen LogP contribution >= 0.6 is 0 Å². The number of rotatable bonds is 5. The van der Waals surface area contributed by atoms with Crippen LogP contribution in [0.25, 0.3) is 0 Å². The molecule has 1 aromatic carbocycles. The second-order valence-electron chi connectivity index (χ2n) is 7.65. The van der Waals surface area contributed by atoms with Gasteiger partial charge in [-0.15, -0.1) is 0 Å². The van der Waals surface area contributed by atoms with E-state index in [1.165, 1.54) is 4.90 Å². The second-order valence-corrected chi connectivity index (χ2v) is 7.65. The lowest BCUT2D eigenvalue weighted by Crippen LogP contribution is -2.43. The Hall–Kier alpha value is -2.89. The normalized spacial score (nSPS) is 21.7. The fourth-order valence-corrected chi connectivity index (χ4v) is 4.21. The Labute approximate surface area is 164 Å². The van der Waals surface area contributed by atoms with Crippen molar-refractivity contribution in [2.45, 2.75) is 39.2 Å². The van der Waals surface area contributed by atoms with Crippen LogP contribution in [0.1, 0.15) is 37.0 Å². The number of carbonyl (C=O) groups is 3. The fourth-order valence-electron chi connectivity index (χ4n) is 4.21. The Morgan fingerprint density at radius 2 is 1.71 bits per heavy atom. The predicted molar refractivity (Wildman–Crippen MR) is 103 cm³/mol. The highest BCUT2D eigenvalue weighted by Gasteiger charge is 2.48. The molecule has 4 rings (SSSR count). The molecule has 2 heterocycles. The number of benzene rings is 1. The average Bonchev–Trinajstić information content (AvgIpc) is 3.30. The fraction of sp³-hybridized carbons (Fsp3) is 0.409. The van der Waals surface area contributed by atoms with Gasteiger partial charge in [-0.05, 0) is 44.0 Å². The van der Waals surface area contributed by atoms with Crippen molar-refractivity contribution in [2.24, 2.45) is 11.8 Å². The van der Waals surface area contributed by atoms with Crippen molar-refractivity contribution >= 4 is 23.4 Å². The first-order valence-electron chi connectivity index (χ1n) is 9.79. The SMILES string of the molecule is Cc1ccc(N(Cc2ccco2)C(=O)CN2C(=O)[C@H]3CCCC[C@@H]3C2=O)cc1. The van der Waals surface area contributed by atoms with Crippen LogP contribution in [0.15, 0.2) is 47.1 Å². The van der Waals surface area contributed by atoms with Gasteiger partial charge in [0.1, 0.15) is 12.3 Å². The van der Waals surface area contributed by atoms with E-state index in [1.807, 2.05) is 31.2 Å². The second kappa shape index (κ2) is 7.62. The van der Waals surface area contributed by atoms with Gasteiger partial charge in [0.2, 0.25) is 17.7 Å². The van der Waals surface area contributed by atoms with Crippen LogP contribution in [0.2, 0.25) is 0 Å². The lowest BCUT2D eigenvalue weighted by molar-refractivity contribution is -0.143. The van der Waals surface area contributed by atoms with Crippen molar-refractivity contribution < 1.29 is 18.8 Å². The number of amides is 3. The van der Waals surface area contributed by atoms with E-state index in [0.717, 1.165) is 31.2 Å². The van der Waals surface area contributed by atoms with Gasteiger partial charge < -0.3 is 9.32 Å². The highest BCUT2D eigenvalue weighted by Crippen LogP contribution is 2.38. The van der Waals surface area contributed by atoms with Gasteiger partial charge in [-0.1, -0.05) is 30.5 Å². The molecule has 2 aliphatic rings. The van der Waals surface area contributed by atoms with Gasteiger partial charge in [-0.25, -0.2) is 0 Å². The standard InChI is InChI=1S/C22H24N2O4/c1-15-8-10-16(11-9-15)23(13-17-5-4-12-28-17)20(25)14-24-21(26)18-6-2-3-7-19(18)22(24)27/h4-5,8-12,18-19H,2-3,6-7,13-14H2,1H3/t18-,19-/m0/s1. The summed E-state index contributed by atoms with van der Waals surface area (Å²) in [5.74, 6) is -0.518. The van der Waals surface area contributed by atoms with Crippen LogP contribution < -0.4 is 4.90 Å². The minimum atomic E-state index is -0.291. The van der Waals surface area contributed by atoms with E-state index in [0.29, 0.717) is 11.4 Å². The molecule has 6 heteroatoms. The van der Waals surface area contributed by atoms with Crippen LogP contribution in [-0.2, 0) is 20.9 Å². The summed E-state index contributed by atoms with van der Waals surface area (Å²) < 4.78 is 5.41. The number of likely N-dealkylation sites (tertiary alicyclic amines) is 1. The molecule has 0 unspecified atom stereocenters. The quantitative estimate of drug-likeness (QED) is 0.746. The minimum Gasteiger partial charge on any atom is -0.467 e.